The Kier molecular flexibility index (Phi) is 5.16. The number of rotatable bonds is 7. The Balaban J connectivity index is 2.42. The number of aliphatic carboxylic acids is 1. The van der Waals surface area contributed by atoms with E-state index in [2.05, 4.69) is 0 Å². The molecular weight excluding hydrogens is 222 g/mol. The average Bonchev–Trinajstić information content (AvgIpc) is 2.35. The monoisotopic (exact) mass is 237 g/mol. The predicted octanol–water partition coefficient (Wildman–Crippen LogP) is 1.30. The third-order valence-corrected chi connectivity index (χ3v) is 2.23. The van der Waals surface area contributed by atoms with Crippen LogP contribution < -0.4 is 0 Å². The highest BCUT2D eigenvalue weighted by atomic mass is 16.7. The molecule has 5 nitrogen and oxygen atoms in total. The highest BCUT2D eigenvalue weighted by molar-refractivity contribution is 5.70. The second-order valence-electron chi connectivity index (χ2n) is 3.70. The van der Waals surface area contributed by atoms with Crippen molar-refractivity contribution in [1.82, 2.24) is 5.06 Å². The highest BCUT2D eigenvalue weighted by Crippen LogP contribution is 2.04. The molecule has 1 unspecified atom stereocenters. The van der Waals surface area contributed by atoms with Crippen LogP contribution in [-0.2, 0) is 21.0 Å². The van der Waals surface area contributed by atoms with E-state index < -0.39 is 11.9 Å². The van der Waals surface area contributed by atoms with Gasteiger partial charge in [0.15, 0.2) is 0 Å². The van der Waals surface area contributed by atoms with Crippen molar-refractivity contribution in [2.24, 2.45) is 5.92 Å². The van der Waals surface area contributed by atoms with Gasteiger partial charge in [0.25, 0.3) is 0 Å². The fraction of sp³-hybridized carbons (Fsp3) is 0.333. The molecule has 1 aromatic rings. The molecule has 1 N–H and O–H groups in total. The molecule has 0 bridgehead atoms. The molecule has 1 rings (SSSR count). The molecule has 1 aromatic carbocycles. The van der Waals surface area contributed by atoms with Crippen molar-refractivity contribution in [2.75, 3.05) is 6.54 Å². The van der Waals surface area contributed by atoms with Gasteiger partial charge in [0, 0.05) is 0 Å². The molecular formula is C12H15NO4. The van der Waals surface area contributed by atoms with Crippen LogP contribution in [0.4, 0.5) is 0 Å². The lowest BCUT2D eigenvalue weighted by Crippen LogP contribution is -2.30. The molecule has 0 saturated heterocycles. The van der Waals surface area contributed by atoms with Gasteiger partial charge >= 0.3 is 5.97 Å². The molecule has 0 saturated carbocycles. The maximum absolute atomic E-state index is 10.7. The number of carboxylic acids is 1. The van der Waals surface area contributed by atoms with E-state index in [-0.39, 0.29) is 13.2 Å². The van der Waals surface area contributed by atoms with Crippen molar-refractivity contribution in [3.8, 4) is 0 Å². The number of hydroxylamine groups is 2. The van der Waals surface area contributed by atoms with Gasteiger partial charge in [-0.2, -0.15) is 0 Å². The molecule has 5 heteroatoms. The largest absolute Gasteiger partial charge is 0.481 e. The van der Waals surface area contributed by atoms with Gasteiger partial charge in [-0.25, -0.2) is 5.06 Å². The Bertz CT molecular complexity index is 366. The Hall–Kier alpha value is -1.88. The van der Waals surface area contributed by atoms with Crippen molar-refractivity contribution >= 4 is 12.4 Å². The minimum Gasteiger partial charge on any atom is -0.481 e. The van der Waals surface area contributed by atoms with E-state index >= 15 is 0 Å². The molecule has 0 aliphatic carbocycles. The number of hydrogen-bond donors (Lipinski definition) is 1. The van der Waals surface area contributed by atoms with Crippen molar-refractivity contribution in [3.05, 3.63) is 35.9 Å². The van der Waals surface area contributed by atoms with Crippen LogP contribution in [-0.4, -0.2) is 29.1 Å². The van der Waals surface area contributed by atoms with Gasteiger partial charge in [-0.3, -0.25) is 14.4 Å². The van der Waals surface area contributed by atoms with Gasteiger partial charge in [0.05, 0.1) is 12.5 Å². The highest BCUT2D eigenvalue weighted by Gasteiger charge is 2.15. The normalized spacial score (nSPS) is 11.8. The summed E-state index contributed by atoms with van der Waals surface area (Å²) in [6.45, 7) is 1.79. The van der Waals surface area contributed by atoms with Crippen molar-refractivity contribution in [3.63, 3.8) is 0 Å². The molecule has 0 fully saturated rings. The number of amides is 1. The van der Waals surface area contributed by atoms with Crippen molar-refractivity contribution in [2.45, 2.75) is 13.5 Å². The molecule has 1 amide bonds. The first kappa shape index (κ1) is 13.2. The van der Waals surface area contributed by atoms with Crippen LogP contribution in [0.5, 0.6) is 0 Å². The van der Waals surface area contributed by atoms with Gasteiger partial charge in [0.2, 0.25) is 6.41 Å². The van der Waals surface area contributed by atoms with Gasteiger partial charge in [-0.05, 0) is 5.56 Å². The predicted molar refractivity (Wildman–Crippen MR) is 60.8 cm³/mol. The standard InChI is InChI=1S/C12H15NO4/c1-10(12(15)16)7-13(9-14)17-8-11-5-3-2-4-6-11/h2-6,9-10H,7-8H2,1H3,(H,15,16). The second-order valence-corrected chi connectivity index (χ2v) is 3.70. The zero-order chi connectivity index (χ0) is 12.7. The summed E-state index contributed by atoms with van der Waals surface area (Å²) in [6.07, 6.45) is 0.488. The van der Waals surface area contributed by atoms with E-state index in [1.165, 1.54) is 6.92 Å². The number of benzene rings is 1. The zero-order valence-corrected chi connectivity index (χ0v) is 9.57. The molecule has 92 valence electrons. The molecule has 0 radical (unpaired) electrons. The van der Waals surface area contributed by atoms with Crippen LogP contribution in [0.25, 0.3) is 0 Å². The van der Waals surface area contributed by atoms with Crippen LogP contribution >= 0.6 is 0 Å². The number of nitrogens with zero attached hydrogens (tertiary/aromatic N) is 1. The van der Waals surface area contributed by atoms with E-state index in [9.17, 15) is 9.59 Å². The summed E-state index contributed by atoms with van der Waals surface area (Å²) < 4.78 is 0. The van der Waals surface area contributed by atoms with Crippen molar-refractivity contribution < 1.29 is 19.5 Å². The molecule has 0 aliphatic rings. The van der Waals surface area contributed by atoms with Gasteiger partial charge in [-0.15, -0.1) is 0 Å². The van der Waals surface area contributed by atoms with E-state index in [4.69, 9.17) is 9.94 Å². The number of hydrogen-bond acceptors (Lipinski definition) is 3. The lowest BCUT2D eigenvalue weighted by atomic mass is 10.2. The summed E-state index contributed by atoms with van der Waals surface area (Å²) >= 11 is 0. The minimum atomic E-state index is -0.958. The Morgan fingerprint density at radius 1 is 1.47 bits per heavy atom. The quantitative estimate of drug-likeness (QED) is 0.573. The van der Waals surface area contributed by atoms with Crippen LogP contribution in [0, 0.1) is 5.92 Å². The maximum atomic E-state index is 10.7. The third-order valence-electron chi connectivity index (χ3n) is 2.23. The Morgan fingerprint density at radius 3 is 2.65 bits per heavy atom. The van der Waals surface area contributed by atoms with Crippen LogP contribution in [0.3, 0.4) is 0 Å². The van der Waals surface area contributed by atoms with Crippen LogP contribution in [0.1, 0.15) is 12.5 Å². The van der Waals surface area contributed by atoms with Gasteiger partial charge in [0.1, 0.15) is 6.61 Å². The summed E-state index contributed by atoms with van der Waals surface area (Å²) in [7, 11) is 0. The Labute approximate surface area is 99.6 Å². The Morgan fingerprint density at radius 2 is 2.12 bits per heavy atom. The number of carboxylic acid groups (broad SMARTS) is 1. The van der Waals surface area contributed by atoms with Gasteiger partial charge in [-0.1, -0.05) is 37.3 Å². The lowest BCUT2D eigenvalue weighted by molar-refractivity contribution is -0.183. The van der Waals surface area contributed by atoms with E-state index in [0.29, 0.717) is 6.41 Å². The molecule has 0 spiro atoms. The zero-order valence-electron chi connectivity index (χ0n) is 9.57. The second kappa shape index (κ2) is 6.65. The first-order valence-electron chi connectivity index (χ1n) is 5.25. The summed E-state index contributed by atoms with van der Waals surface area (Å²) in [5.41, 5.74) is 0.919. The first-order valence-corrected chi connectivity index (χ1v) is 5.25. The molecule has 1 atom stereocenters. The summed E-state index contributed by atoms with van der Waals surface area (Å²) in [5.74, 6) is -1.61. The van der Waals surface area contributed by atoms with E-state index in [1.807, 2.05) is 30.3 Å². The molecule has 0 aromatic heterocycles. The number of carbonyl (C=O) groups is 2. The van der Waals surface area contributed by atoms with E-state index in [1.54, 1.807) is 0 Å². The lowest BCUT2D eigenvalue weighted by Gasteiger charge is -2.18. The SMILES string of the molecule is CC(CN(C=O)OCc1ccccc1)C(=O)O. The van der Waals surface area contributed by atoms with Crippen molar-refractivity contribution in [1.29, 1.82) is 0 Å². The molecule has 0 heterocycles. The topological polar surface area (TPSA) is 66.8 Å². The molecule has 17 heavy (non-hydrogen) atoms. The summed E-state index contributed by atoms with van der Waals surface area (Å²) in [5, 5.41) is 9.72. The first-order chi connectivity index (χ1) is 8.13. The smallest absolute Gasteiger partial charge is 0.308 e. The fourth-order valence-electron chi connectivity index (χ4n) is 1.21. The fourth-order valence-corrected chi connectivity index (χ4v) is 1.21. The van der Waals surface area contributed by atoms with Gasteiger partial charge < -0.3 is 5.11 Å². The minimum absolute atomic E-state index is 0.0334. The third kappa shape index (κ3) is 4.65. The molecule has 0 aliphatic heterocycles. The maximum Gasteiger partial charge on any atom is 0.308 e. The van der Waals surface area contributed by atoms with Crippen LogP contribution in [0.15, 0.2) is 30.3 Å². The summed E-state index contributed by atoms with van der Waals surface area (Å²) in [4.78, 5) is 26.5. The van der Waals surface area contributed by atoms with E-state index in [0.717, 1.165) is 10.6 Å². The average molecular weight is 237 g/mol. The van der Waals surface area contributed by atoms with Crippen LogP contribution in [0.2, 0.25) is 0 Å². The number of carbonyl (C=O) groups excluding carboxylic acids is 1. The summed E-state index contributed by atoms with van der Waals surface area (Å²) in [6, 6.07) is 9.34.